The summed E-state index contributed by atoms with van der Waals surface area (Å²) in [5, 5.41) is 0. The van der Waals surface area contributed by atoms with Crippen LogP contribution >= 0.6 is 0 Å². The van der Waals surface area contributed by atoms with Gasteiger partial charge >= 0.3 is 0 Å². The van der Waals surface area contributed by atoms with E-state index in [2.05, 4.69) is 0 Å². The maximum atomic E-state index is 11.1. The van der Waals surface area contributed by atoms with E-state index in [-0.39, 0.29) is 18.6 Å². The first-order valence-electron chi connectivity index (χ1n) is 4.44. The van der Waals surface area contributed by atoms with Crippen LogP contribution in [0.1, 0.15) is 32.6 Å². The van der Waals surface area contributed by atoms with Crippen LogP contribution in [0.15, 0.2) is 0 Å². The van der Waals surface area contributed by atoms with Gasteiger partial charge in [-0.25, -0.2) is 0 Å². The molecule has 0 radical (unpaired) electrons. The Hall–Kier alpha value is -1.65. The van der Waals surface area contributed by atoms with E-state index in [1.165, 1.54) is 6.92 Å². The van der Waals surface area contributed by atoms with Crippen LogP contribution in [0.5, 0.6) is 0 Å². The Kier molecular flexibility index (Phi) is 6.01. The molecule has 0 aliphatic heterocycles. The maximum absolute atomic E-state index is 11.1. The third-order valence-electron chi connectivity index (χ3n) is 1.55. The molecule has 0 unspecified atom stereocenters. The molecule has 0 aromatic heterocycles. The van der Waals surface area contributed by atoms with Crippen LogP contribution in [-0.2, 0) is 24.0 Å². The topological polar surface area (TPSA) is 85.3 Å². The molecule has 0 aromatic carbocycles. The SMILES string of the molecule is CC(=O)CC(=O)CC(=O)CC(=O)CC=O. The van der Waals surface area contributed by atoms with Crippen molar-refractivity contribution in [1.82, 2.24) is 0 Å². The van der Waals surface area contributed by atoms with Gasteiger partial charge in [-0.1, -0.05) is 0 Å². The van der Waals surface area contributed by atoms with Crippen molar-refractivity contribution in [3.8, 4) is 0 Å². The van der Waals surface area contributed by atoms with Crippen LogP contribution in [0.25, 0.3) is 0 Å². The third-order valence-corrected chi connectivity index (χ3v) is 1.55. The van der Waals surface area contributed by atoms with Gasteiger partial charge in [-0.15, -0.1) is 0 Å². The molecular formula is C10H12O5. The summed E-state index contributed by atoms with van der Waals surface area (Å²) in [7, 11) is 0. The highest BCUT2D eigenvalue weighted by Gasteiger charge is 2.14. The van der Waals surface area contributed by atoms with Gasteiger partial charge in [-0.05, 0) is 6.92 Å². The number of hydrogen-bond acceptors (Lipinski definition) is 5. The van der Waals surface area contributed by atoms with Crippen molar-refractivity contribution >= 4 is 29.4 Å². The monoisotopic (exact) mass is 212 g/mol. The highest BCUT2D eigenvalue weighted by molar-refractivity contribution is 6.12. The average Bonchev–Trinajstić information content (AvgIpc) is 2.00. The Balaban J connectivity index is 3.93. The van der Waals surface area contributed by atoms with Gasteiger partial charge in [0.1, 0.15) is 29.4 Å². The van der Waals surface area contributed by atoms with Gasteiger partial charge in [0.25, 0.3) is 0 Å². The summed E-state index contributed by atoms with van der Waals surface area (Å²) in [5.41, 5.74) is 0. The fourth-order valence-electron chi connectivity index (χ4n) is 1.01. The minimum Gasteiger partial charge on any atom is -0.303 e. The summed E-state index contributed by atoms with van der Waals surface area (Å²) >= 11 is 0. The minimum atomic E-state index is -0.548. The Morgan fingerprint density at radius 1 is 0.867 bits per heavy atom. The number of Topliss-reactive ketones (excluding diaryl/α,β-unsaturated/α-hetero) is 4. The molecular weight excluding hydrogens is 200 g/mol. The summed E-state index contributed by atoms with van der Waals surface area (Å²) in [5.74, 6) is -1.86. The van der Waals surface area contributed by atoms with E-state index in [1.807, 2.05) is 0 Å². The lowest BCUT2D eigenvalue weighted by molar-refractivity contribution is -0.130. The number of carbonyl (C=O) groups excluding carboxylic acids is 5. The third kappa shape index (κ3) is 7.42. The van der Waals surface area contributed by atoms with Crippen molar-refractivity contribution in [1.29, 1.82) is 0 Å². The lowest BCUT2D eigenvalue weighted by Crippen LogP contribution is -2.14. The Morgan fingerprint density at radius 3 is 1.80 bits per heavy atom. The first-order valence-corrected chi connectivity index (χ1v) is 4.44. The summed E-state index contributed by atoms with van der Waals surface area (Å²) in [6, 6.07) is 0. The zero-order valence-corrected chi connectivity index (χ0v) is 8.45. The minimum absolute atomic E-state index is 0.284. The van der Waals surface area contributed by atoms with Crippen molar-refractivity contribution < 1.29 is 24.0 Å². The second kappa shape index (κ2) is 6.75. The smallest absolute Gasteiger partial charge is 0.147 e. The van der Waals surface area contributed by atoms with Gasteiger partial charge in [0.2, 0.25) is 0 Å². The molecule has 0 amide bonds. The van der Waals surface area contributed by atoms with Crippen molar-refractivity contribution in [3.05, 3.63) is 0 Å². The molecule has 0 aliphatic carbocycles. The average molecular weight is 212 g/mol. The summed E-state index contributed by atoms with van der Waals surface area (Å²) in [6.45, 7) is 1.25. The number of hydrogen-bond donors (Lipinski definition) is 0. The molecule has 0 aliphatic rings. The van der Waals surface area contributed by atoms with E-state index in [0.717, 1.165) is 0 Å². The van der Waals surface area contributed by atoms with Gasteiger partial charge in [0.15, 0.2) is 0 Å². The summed E-state index contributed by atoms with van der Waals surface area (Å²) in [4.78, 5) is 53.3. The van der Waals surface area contributed by atoms with E-state index in [9.17, 15) is 24.0 Å². The van der Waals surface area contributed by atoms with Gasteiger partial charge < -0.3 is 4.79 Å². The second-order valence-corrected chi connectivity index (χ2v) is 3.22. The van der Waals surface area contributed by atoms with Crippen molar-refractivity contribution in [2.75, 3.05) is 0 Å². The van der Waals surface area contributed by atoms with Gasteiger partial charge in [0.05, 0.1) is 25.7 Å². The largest absolute Gasteiger partial charge is 0.303 e. The number of ketones is 4. The molecule has 0 rings (SSSR count). The molecule has 0 heterocycles. The van der Waals surface area contributed by atoms with Gasteiger partial charge in [-0.3, -0.25) is 19.2 Å². The molecule has 0 saturated heterocycles. The molecule has 0 atom stereocenters. The van der Waals surface area contributed by atoms with Crippen molar-refractivity contribution in [3.63, 3.8) is 0 Å². The van der Waals surface area contributed by atoms with Crippen LogP contribution < -0.4 is 0 Å². The second-order valence-electron chi connectivity index (χ2n) is 3.22. The molecule has 5 nitrogen and oxygen atoms in total. The normalized spacial score (nSPS) is 9.40. The summed E-state index contributed by atoms with van der Waals surface area (Å²) in [6.07, 6.45) is -1.01. The molecule has 0 aromatic rings. The number of rotatable bonds is 8. The van der Waals surface area contributed by atoms with E-state index < -0.39 is 30.2 Å². The van der Waals surface area contributed by atoms with E-state index >= 15 is 0 Å². The van der Waals surface area contributed by atoms with E-state index in [0.29, 0.717) is 6.29 Å². The van der Waals surface area contributed by atoms with Crippen LogP contribution in [-0.4, -0.2) is 29.4 Å². The fourth-order valence-corrected chi connectivity index (χ4v) is 1.01. The number of aldehydes is 1. The van der Waals surface area contributed by atoms with Gasteiger partial charge in [0, 0.05) is 0 Å². The van der Waals surface area contributed by atoms with Crippen LogP contribution in [0.2, 0.25) is 0 Å². The first-order chi connectivity index (χ1) is 6.95. The Bertz CT molecular complexity index is 303. The predicted octanol–water partition coefficient (Wildman–Crippen LogP) is 0.0420. The highest BCUT2D eigenvalue weighted by atomic mass is 16.2. The predicted molar refractivity (Wildman–Crippen MR) is 50.2 cm³/mol. The molecule has 82 valence electrons. The molecule has 0 fully saturated rings. The molecule has 0 bridgehead atoms. The van der Waals surface area contributed by atoms with Crippen molar-refractivity contribution in [2.45, 2.75) is 32.6 Å². The van der Waals surface area contributed by atoms with E-state index in [1.54, 1.807) is 0 Å². The molecule has 0 saturated carbocycles. The van der Waals surface area contributed by atoms with Crippen LogP contribution in [0, 0.1) is 0 Å². The Morgan fingerprint density at radius 2 is 1.33 bits per heavy atom. The zero-order chi connectivity index (χ0) is 11.8. The maximum Gasteiger partial charge on any atom is 0.147 e. The molecule has 5 heteroatoms. The molecule has 0 N–H and O–H groups in total. The lowest BCUT2D eigenvalue weighted by atomic mass is 10.1. The zero-order valence-electron chi connectivity index (χ0n) is 8.45. The Labute approximate surface area is 86.8 Å². The fraction of sp³-hybridized carbons (Fsp3) is 0.500. The molecule has 0 spiro atoms. The van der Waals surface area contributed by atoms with Gasteiger partial charge in [-0.2, -0.15) is 0 Å². The first kappa shape index (κ1) is 13.4. The quantitative estimate of drug-likeness (QED) is 0.419. The van der Waals surface area contributed by atoms with Crippen LogP contribution in [0.3, 0.4) is 0 Å². The van der Waals surface area contributed by atoms with Crippen LogP contribution in [0.4, 0.5) is 0 Å². The summed E-state index contributed by atoms with van der Waals surface area (Å²) < 4.78 is 0. The number of carbonyl (C=O) groups is 5. The molecule has 15 heavy (non-hydrogen) atoms. The lowest BCUT2D eigenvalue weighted by Gasteiger charge is -1.97. The standard InChI is InChI=1S/C10H12O5/c1-7(12)4-9(14)6-10(15)5-8(13)2-3-11/h3H,2,4-6H2,1H3. The van der Waals surface area contributed by atoms with E-state index in [4.69, 9.17) is 0 Å². The van der Waals surface area contributed by atoms with Crippen molar-refractivity contribution in [2.24, 2.45) is 0 Å². The highest BCUT2D eigenvalue weighted by Crippen LogP contribution is 1.98.